The molecule has 3 nitrogen and oxygen atoms in total. The minimum atomic E-state index is -0.125. The summed E-state index contributed by atoms with van der Waals surface area (Å²) in [4.78, 5) is 13.9. The van der Waals surface area contributed by atoms with E-state index in [1.165, 1.54) is 0 Å². The van der Waals surface area contributed by atoms with Gasteiger partial charge in [0.15, 0.2) is 0 Å². The highest BCUT2D eigenvalue weighted by Gasteiger charge is 2.18. The number of hydrogen-bond acceptors (Lipinski definition) is 3. The Morgan fingerprint density at radius 3 is 2.67 bits per heavy atom. The largest absolute Gasteiger partial charge is 0.324 e. The lowest BCUT2D eigenvalue weighted by Gasteiger charge is -2.15. The lowest BCUT2D eigenvalue weighted by Crippen LogP contribution is -2.21. The normalized spacial score (nSPS) is 12.7. The quantitative estimate of drug-likeness (QED) is 0.800. The Labute approximate surface area is 127 Å². The average Bonchev–Trinajstić information content (AvgIpc) is 2.88. The zero-order valence-electron chi connectivity index (χ0n) is 12.2. The molecule has 0 amide bonds. The van der Waals surface area contributed by atoms with Gasteiger partial charge in [-0.25, -0.2) is 0 Å². The van der Waals surface area contributed by atoms with Gasteiger partial charge in [-0.05, 0) is 30.5 Å². The zero-order chi connectivity index (χ0) is 15.0. The van der Waals surface area contributed by atoms with Crippen LogP contribution >= 0.6 is 11.3 Å². The van der Waals surface area contributed by atoms with E-state index in [9.17, 15) is 4.79 Å². The van der Waals surface area contributed by atoms with Crippen LogP contribution in [0.3, 0.4) is 0 Å². The Morgan fingerprint density at radius 2 is 2.00 bits per heavy atom. The van der Waals surface area contributed by atoms with Gasteiger partial charge >= 0.3 is 0 Å². The Kier molecular flexibility index (Phi) is 3.66. The Balaban J connectivity index is 2.41. The smallest absolute Gasteiger partial charge is 0.264 e. The molecule has 2 heterocycles. The zero-order valence-corrected chi connectivity index (χ0v) is 13.0. The number of benzene rings is 1. The van der Waals surface area contributed by atoms with Gasteiger partial charge in [-0.1, -0.05) is 37.3 Å². The fourth-order valence-electron chi connectivity index (χ4n) is 2.63. The van der Waals surface area contributed by atoms with E-state index in [4.69, 9.17) is 5.73 Å². The highest BCUT2D eigenvalue weighted by molar-refractivity contribution is 7.15. The summed E-state index contributed by atoms with van der Waals surface area (Å²) in [6.07, 6.45) is 0.805. The molecule has 0 aliphatic rings. The van der Waals surface area contributed by atoms with Crippen LogP contribution in [0.4, 0.5) is 0 Å². The van der Waals surface area contributed by atoms with Crippen molar-refractivity contribution in [2.24, 2.45) is 5.73 Å². The van der Waals surface area contributed by atoms with Gasteiger partial charge in [-0.15, -0.1) is 11.3 Å². The minimum absolute atomic E-state index is 0.0244. The molecule has 108 valence electrons. The summed E-state index contributed by atoms with van der Waals surface area (Å²) in [6, 6.07) is 11.7. The predicted octanol–water partition coefficient (Wildman–Crippen LogP) is 3.75. The number of pyridine rings is 1. The number of rotatable bonds is 3. The van der Waals surface area contributed by atoms with Crippen LogP contribution < -0.4 is 11.3 Å². The molecule has 21 heavy (non-hydrogen) atoms. The molecule has 0 aliphatic carbocycles. The first-order chi connectivity index (χ1) is 10.1. The van der Waals surface area contributed by atoms with Gasteiger partial charge in [0.1, 0.15) is 4.83 Å². The van der Waals surface area contributed by atoms with E-state index < -0.39 is 0 Å². The van der Waals surface area contributed by atoms with Crippen molar-refractivity contribution < 1.29 is 0 Å². The van der Waals surface area contributed by atoms with E-state index in [1.54, 1.807) is 15.7 Å². The number of fused-ring (bicyclic) bond motifs is 1. The van der Waals surface area contributed by atoms with E-state index in [1.807, 2.05) is 49.6 Å². The maximum atomic E-state index is 13.0. The molecular weight excluding hydrogens is 280 g/mol. The second-order valence-corrected chi connectivity index (χ2v) is 6.10. The molecular formula is C17H18N2OS. The lowest BCUT2D eigenvalue weighted by atomic mass is 9.95. The standard InChI is InChI=1S/C17H18N2OS/c1-3-14(18)13-9-15-19(11(2)10-21-15)17(20)16(13)12-7-5-4-6-8-12/h4-10,14H,3,18H2,1-2H3. The number of nitrogens with zero attached hydrogens (tertiary/aromatic N) is 1. The molecule has 0 saturated heterocycles. The molecule has 3 rings (SSSR count). The van der Waals surface area contributed by atoms with Crippen molar-refractivity contribution in [2.45, 2.75) is 26.3 Å². The molecule has 4 heteroatoms. The van der Waals surface area contributed by atoms with E-state index in [0.29, 0.717) is 0 Å². The summed E-state index contributed by atoms with van der Waals surface area (Å²) in [5.41, 5.74) is 9.84. The van der Waals surface area contributed by atoms with E-state index in [-0.39, 0.29) is 11.6 Å². The van der Waals surface area contributed by atoms with Crippen LogP contribution in [-0.2, 0) is 0 Å². The summed E-state index contributed by atoms with van der Waals surface area (Å²) < 4.78 is 1.78. The predicted molar refractivity (Wildman–Crippen MR) is 88.9 cm³/mol. The monoisotopic (exact) mass is 298 g/mol. The van der Waals surface area contributed by atoms with Gasteiger partial charge in [0.05, 0.1) is 5.56 Å². The molecule has 1 atom stereocenters. The topological polar surface area (TPSA) is 47.5 Å². The highest BCUT2D eigenvalue weighted by Crippen LogP contribution is 2.28. The summed E-state index contributed by atoms with van der Waals surface area (Å²) in [7, 11) is 0. The van der Waals surface area contributed by atoms with Crippen LogP contribution in [0, 0.1) is 6.92 Å². The third-order valence-electron chi connectivity index (χ3n) is 3.81. The molecule has 0 fully saturated rings. The first-order valence-corrected chi connectivity index (χ1v) is 7.96. The molecule has 3 aromatic rings. The lowest BCUT2D eigenvalue weighted by molar-refractivity contribution is 0.698. The van der Waals surface area contributed by atoms with Gasteiger partial charge in [0.2, 0.25) is 0 Å². The molecule has 2 aromatic heterocycles. The third kappa shape index (κ3) is 2.30. The van der Waals surface area contributed by atoms with Crippen molar-refractivity contribution in [3.05, 3.63) is 63.4 Å². The fraction of sp³-hybridized carbons (Fsp3) is 0.235. The van der Waals surface area contributed by atoms with Crippen molar-refractivity contribution in [1.29, 1.82) is 0 Å². The van der Waals surface area contributed by atoms with Crippen LogP contribution in [-0.4, -0.2) is 4.40 Å². The Bertz CT molecular complexity index is 833. The summed E-state index contributed by atoms with van der Waals surface area (Å²) in [5, 5.41) is 2.01. The maximum Gasteiger partial charge on any atom is 0.264 e. The second kappa shape index (κ2) is 5.47. The van der Waals surface area contributed by atoms with Gasteiger partial charge < -0.3 is 5.73 Å². The average molecular weight is 298 g/mol. The van der Waals surface area contributed by atoms with Crippen molar-refractivity contribution in [3.8, 4) is 11.1 Å². The SMILES string of the molecule is CCC(N)c1cc2scc(C)n2c(=O)c1-c1ccccc1. The van der Waals surface area contributed by atoms with Crippen LogP contribution in [0.2, 0.25) is 0 Å². The number of thiazole rings is 1. The molecule has 1 aromatic carbocycles. The molecule has 0 aliphatic heterocycles. The number of aromatic nitrogens is 1. The van der Waals surface area contributed by atoms with Crippen molar-refractivity contribution in [1.82, 2.24) is 4.40 Å². The first kappa shape index (κ1) is 14.0. The fourth-order valence-corrected chi connectivity index (χ4v) is 3.56. The summed E-state index contributed by atoms with van der Waals surface area (Å²) >= 11 is 1.58. The van der Waals surface area contributed by atoms with Gasteiger partial charge in [-0.3, -0.25) is 9.20 Å². The van der Waals surface area contributed by atoms with Gasteiger partial charge in [0, 0.05) is 17.1 Å². The van der Waals surface area contributed by atoms with E-state index in [2.05, 4.69) is 6.07 Å². The first-order valence-electron chi connectivity index (χ1n) is 7.08. The molecule has 2 N–H and O–H groups in total. The Hall–Kier alpha value is -1.91. The van der Waals surface area contributed by atoms with Crippen LogP contribution in [0.5, 0.6) is 0 Å². The van der Waals surface area contributed by atoms with Crippen LogP contribution in [0.1, 0.15) is 30.6 Å². The number of aryl methyl sites for hydroxylation is 1. The molecule has 0 bridgehead atoms. The third-order valence-corrected chi connectivity index (χ3v) is 4.81. The number of hydrogen-bond donors (Lipinski definition) is 1. The van der Waals surface area contributed by atoms with Crippen LogP contribution in [0.25, 0.3) is 16.0 Å². The maximum absolute atomic E-state index is 13.0. The van der Waals surface area contributed by atoms with Gasteiger partial charge in [-0.2, -0.15) is 0 Å². The van der Waals surface area contributed by atoms with Crippen LogP contribution in [0.15, 0.2) is 46.6 Å². The van der Waals surface area contributed by atoms with Crippen molar-refractivity contribution >= 4 is 16.2 Å². The van der Waals surface area contributed by atoms with Gasteiger partial charge in [0.25, 0.3) is 5.56 Å². The Morgan fingerprint density at radius 1 is 1.29 bits per heavy atom. The summed E-state index contributed by atoms with van der Waals surface area (Å²) in [5.74, 6) is 0. The van der Waals surface area contributed by atoms with Crippen molar-refractivity contribution in [2.75, 3.05) is 0 Å². The minimum Gasteiger partial charge on any atom is -0.324 e. The molecule has 0 spiro atoms. The van der Waals surface area contributed by atoms with E-state index >= 15 is 0 Å². The van der Waals surface area contributed by atoms with E-state index in [0.717, 1.165) is 33.6 Å². The second-order valence-electron chi connectivity index (χ2n) is 5.21. The van der Waals surface area contributed by atoms with Crippen molar-refractivity contribution in [3.63, 3.8) is 0 Å². The molecule has 0 saturated carbocycles. The highest BCUT2D eigenvalue weighted by atomic mass is 32.1. The molecule has 1 unspecified atom stereocenters. The summed E-state index contributed by atoms with van der Waals surface area (Å²) in [6.45, 7) is 4.00. The molecule has 0 radical (unpaired) electrons. The number of nitrogens with two attached hydrogens (primary N) is 1.